The minimum absolute atomic E-state index is 0.0744. The van der Waals surface area contributed by atoms with Crippen LogP contribution in [0.3, 0.4) is 0 Å². The number of carboxylic acid groups (broad SMARTS) is 1. The molecule has 7 nitrogen and oxygen atoms in total. The van der Waals surface area contributed by atoms with Gasteiger partial charge in [0.1, 0.15) is 0 Å². The zero-order chi connectivity index (χ0) is 20.1. The molecule has 2 aliphatic heterocycles. The fourth-order valence-corrected chi connectivity index (χ4v) is 3.92. The first-order chi connectivity index (χ1) is 12.7. The van der Waals surface area contributed by atoms with Gasteiger partial charge in [0.25, 0.3) is 6.47 Å². The molecule has 0 atom stereocenters. The number of pyridine rings is 1. The van der Waals surface area contributed by atoms with Gasteiger partial charge in [-0.3, -0.25) is 19.4 Å². The van der Waals surface area contributed by atoms with E-state index in [1.54, 1.807) is 12.4 Å². The summed E-state index contributed by atoms with van der Waals surface area (Å²) in [5, 5.41) is 6.89. The molecule has 2 fully saturated rings. The lowest BCUT2D eigenvalue weighted by molar-refractivity contribution is -0.143. The van der Waals surface area contributed by atoms with Gasteiger partial charge in [0, 0.05) is 49.4 Å². The van der Waals surface area contributed by atoms with Crippen LogP contribution in [-0.4, -0.2) is 56.8 Å². The molecule has 1 aromatic rings. The Morgan fingerprint density at radius 1 is 1.22 bits per heavy atom. The van der Waals surface area contributed by atoms with Gasteiger partial charge >= 0.3 is 0 Å². The number of hydrogen-bond donors (Lipinski definition) is 1. The van der Waals surface area contributed by atoms with Crippen molar-refractivity contribution >= 4 is 18.3 Å². The second-order valence-electron chi connectivity index (χ2n) is 8.21. The summed E-state index contributed by atoms with van der Waals surface area (Å²) < 4.78 is 0. The van der Waals surface area contributed by atoms with Crippen LogP contribution >= 0.6 is 0 Å². The monoisotopic (exact) mass is 375 g/mol. The second kappa shape index (κ2) is 8.50. The van der Waals surface area contributed by atoms with Gasteiger partial charge in [0.15, 0.2) is 0 Å². The van der Waals surface area contributed by atoms with E-state index in [1.165, 1.54) is 0 Å². The third-order valence-corrected chi connectivity index (χ3v) is 5.39. The lowest BCUT2D eigenvalue weighted by Crippen LogP contribution is -2.55. The molecule has 0 bridgehead atoms. The standard InChI is InChI=1S/C19H27N3O2.CH2O2/c1-18(2,3)17(24)21-12-8-19(9-13-21)7-4-16(23)22(19)14-15-5-10-20-11-6-15;2-1-3/h5-6,10-11H,4,7-9,12-14H2,1-3H3;1H,(H,2,3). The highest BCUT2D eigenvalue weighted by atomic mass is 16.3. The molecule has 148 valence electrons. The van der Waals surface area contributed by atoms with E-state index in [0.717, 1.165) is 37.9 Å². The minimum atomic E-state index is -0.341. The molecular weight excluding hydrogens is 346 g/mol. The van der Waals surface area contributed by atoms with Crippen LogP contribution in [0.1, 0.15) is 52.0 Å². The summed E-state index contributed by atoms with van der Waals surface area (Å²) in [7, 11) is 0. The van der Waals surface area contributed by atoms with Crippen LogP contribution in [0.4, 0.5) is 0 Å². The van der Waals surface area contributed by atoms with E-state index in [0.29, 0.717) is 13.0 Å². The maximum Gasteiger partial charge on any atom is 0.290 e. The van der Waals surface area contributed by atoms with E-state index in [1.807, 2.05) is 37.8 Å². The van der Waals surface area contributed by atoms with Crippen molar-refractivity contribution in [2.45, 2.75) is 58.5 Å². The predicted molar refractivity (Wildman–Crippen MR) is 101 cm³/mol. The number of carbonyl (C=O) groups is 3. The molecule has 0 unspecified atom stereocenters. The van der Waals surface area contributed by atoms with Gasteiger partial charge in [-0.25, -0.2) is 0 Å². The van der Waals surface area contributed by atoms with Crippen molar-refractivity contribution < 1.29 is 19.5 Å². The van der Waals surface area contributed by atoms with Crippen molar-refractivity contribution in [2.24, 2.45) is 5.41 Å². The topological polar surface area (TPSA) is 90.8 Å². The fourth-order valence-electron chi connectivity index (χ4n) is 3.92. The quantitative estimate of drug-likeness (QED) is 0.801. The van der Waals surface area contributed by atoms with Crippen molar-refractivity contribution in [3.63, 3.8) is 0 Å². The third-order valence-electron chi connectivity index (χ3n) is 5.39. The highest BCUT2D eigenvalue weighted by molar-refractivity contribution is 5.82. The molecule has 2 aliphatic rings. The summed E-state index contributed by atoms with van der Waals surface area (Å²) in [6.07, 6.45) is 6.84. The Bertz CT molecular complexity index is 662. The van der Waals surface area contributed by atoms with E-state index < -0.39 is 0 Å². The third kappa shape index (κ3) is 4.84. The lowest BCUT2D eigenvalue weighted by Gasteiger charge is -2.46. The summed E-state index contributed by atoms with van der Waals surface area (Å²) in [6, 6.07) is 3.94. The molecule has 0 saturated carbocycles. The molecule has 0 aliphatic carbocycles. The molecule has 0 aromatic carbocycles. The molecule has 1 spiro atoms. The Hall–Kier alpha value is -2.44. The molecule has 3 heterocycles. The van der Waals surface area contributed by atoms with E-state index in [-0.39, 0.29) is 29.2 Å². The number of carbonyl (C=O) groups excluding carboxylic acids is 2. The van der Waals surface area contributed by atoms with Gasteiger partial charge in [-0.15, -0.1) is 0 Å². The lowest BCUT2D eigenvalue weighted by atomic mass is 9.83. The number of hydrogen-bond acceptors (Lipinski definition) is 4. The van der Waals surface area contributed by atoms with Gasteiger partial charge in [-0.1, -0.05) is 20.8 Å². The van der Waals surface area contributed by atoms with Gasteiger partial charge < -0.3 is 14.9 Å². The Morgan fingerprint density at radius 3 is 2.30 bits per heavy atom. The summed E-state index contributed by atoms with van der Waals surface area (Å²) >= 11 is 0. The van der Waals surface area contributed by atoms with Gasteiger partial charge in [-0.05, 0) is 37.0 Å². The molecule has 27 heavy (non-hydrogen) atoms. The van der Waals surface area contributed by atoms with E-state index in [4.69, 9.17) is 9.90 Å². The first-order valence-electron chi connectivity index (χ1n) is 9.30. The van der Waals surface area contributed by atoms with Crippen molar-refractivity contribution in [2.75, 3.05) is 13.1 Å². The van der Waals surface area contributed by atoms with Gasteiger partial charge in [0.2, 0.25) is 11.8 Å². The van der Waals surface area contributed by atoms with Gasteiger partial charge in [0.05, 0.1) is 0 Å². The van der Waals surface area contributed by atoms with E-state index >= 15 is 0 Å². The minimum Gasteiger partial charge on any atom is -0.483 e. The molecule has 2 amide bonds. The zero-order valence-electron chi connectivity index (χ0n) is 16.4. The van der Waals surface area contributed by atoms with Crippen LogP contribution in [0.2, 0.25) is 0 Å². The smallest absolute Gasteiger partial charge is 0.290 e. The molecule has 3 rings (SSSR count). The van der Waals surface area contributed by atoms with Crippen LogP contribution in [-0.2, 0) is 20.9 Å². The first-order valence-corrected chi connectivity index (χ1v) is 9.30. The Kier molecular flexibility index (Phi) is 6.57. The second-order valence-corrected chi connectivity index (χ2v) is 8.21. The van der Waals surface area contributed by atoms with Crippen LogP contribution in [0.5, 0.6) is 0 Å². The number of rotatable bonds is 2. The van der Waals surface area contributed by atoms with E-state index in [2.05, 4.69) is 9.88 Å². The number of amides is 2. The highest BCUT2D eigenvalue weighted by Gasteiger charge is 2.47. The highest BCUT2D eigenvalue weighted by Crippen LogP contribution is 2.40. The van der Waals surface area contributed by atoms with Gasteiger partial charge in [-0.2, -0.15) is 0 Å². The van der Waals surface area contributed by atoms with Crippen LogP contribution in [0, 0.1) is 5.41 Å². The molecule has 0 radical (unpaired) electrons. The average molecular weight is 375 g/mol. The fraction of sp³-hybridized carbons (Fsp3) is 0.600. The molecule has 2 saturated heterocycles. The Balaban J connectivity index is 0.000000817. The summed E-state index contributed by atoms with van der Waals surface area (Å²) in [4.78, 5) is 41.4. The number of nitrogens with zero attached hydrogens (tertiary/aromatic N) is 3. The largest absolute Gasteiger partial charge is 0.483 e. The maximum absolute atomic E-state index is 12.5. The van der Waals surface area contributed by atoms with Crippen LogP contribution in [0.15, 0.2) is 24.5 Å². The number of piperidine rings is 1. The van der Waals surface area contributed by atoms with Crippen molar-refractivity contribution in [3.8, 4) is 0 Å². The molecule has 1 N–H and O–H groups in total. The number of likely N-dealkylation sites (tertiary alicyclic amines) is 2. The Morgan fingerprint density at radius 2 is 1.78 bits per heavy atom. The summed E-state index contributed by atoms with van der Waals surface area (Å²) in [5.74, 6) is 0.449. The van der Waals surface area contributed by atoms with Crippen LogP contribution < -0.4 is 0 Å². The van der Waals surface area contributed by atoms with Crippen molar-refractivity contribution in [1.29, 1.82) is 0 Å². The molecular formula is C20H29N3O4. The Labute approximate surface area is 160 Å². The predicted octanol–water partition coefficient (Wildman–Crippen LogP) is 2.31. The summed E-state index contributed by atoms with van der Waals surface area (Å²) in [6.45, 7) is 7.79. The average Bonchev–Trinajstić information content (AvgIpc) is 2.92. The SMILES string of the molecule is CC(C)(C)C(=O)N1CCC2(CCC(=O)N2Cc2ccncc2)CC1.O=CO. The normalized spacial score (nSPS) is 18.9. The van der Waals surface area contributed by atoms with E-state index in [9.17, 15) is 9.59 Å². The van der Waals surface area contributed by atoms with Crippen molar-refractivity contribution in [1.82, 2.24) is 14.8 Å². The number of aromatic nitrogens is 1. The summed E-state index contributed by atoms with van der Waals surface area (Å²) in [5.41, 5.74) is 0.703. The zero-order valence-corrected chi connectivity index (χ0v) is 16.4. The van der Waals surface area contributed by atoms with Crippen LogP contribution in [0.25, 0.3) is 0 Å². The molecule has 7 heteroatoms. The molecule has 1 aromatic heterocycles. The van der Waals surface area contributed by atoms with Crippen molar-refractivity contribution in [3.05, 3.63) is 30.1 Å². The first kappa shape index (κ1) is 20.9. The maximum atomic E-state index is 12.5.